The van der Waals surface area contributed by atoms with E-state index >= 15 is 0 Å². The number of halogens is 1. The van der Waals surface area contributed by atoms with Crippen LogP contribution in [0.1, 0.15) is 12.5 Å². The molecule has 0 aliphatic rings. The van der Waals surface area contributed by atoms with Gasteiger partial charge in [0.25, 0.3) is 0 Å². The van der Waals surface area contributed by atoms with Crippen LogP contribution in [0.2, 0.25) is 0 Å². The summed E-state index contributed by atoms with van der Waals surface area (Å²) in [5, 5.41) is 0. The Hall–Kier alpha value is -1.02. The number of hydrogen-bond acceptors (Lipinski definition) is 1. The number of aryl methyl sites for hydroxylation is 1. The third-order valence-corrected chi connectivity index (χ3v) is 2.27. The zero-order chi connectivity index (χ0) is 8.55. The van der Waals surface area contributed by atoms with Gasteiger partial charge in [-0.25, -0.2) is 9.07 Å². The smallest absolute Gasteiger partial charge is 0.111 e. The molecule has 0 bridgehead atoms. The van der Waals surface area contributed by atoms with Gasteiger partial charge in [-0.05, 0) is 18.1 Å². The lowest BCUT2D eigenvalue weighted by Crippen LogP contribution is -1.82. The molecule has 1 aromatic carbocycles. The Balaban J connectivity index is 2.81. The average molecular weight is 181 g/mol. The van der Waals surface area contributed by atoms with Crippen LogP contribution in [0.5, 0.6) is 0 Å². The minimum Gasteiger partial charge on any atom is -0.241 e. The molecule has 3 heteroatoms. The molecule has 0 saturated carbocycles. The largest absolute Gasteiger partial charge is 0.241 e. The molecule has 12 heavy (non-hydrogen) atoms. The molecule has 1 aromatic heterocycles. The molecule has 1 heterocycles. The number of benzene rings is 1. The number of rotatable bonds is 1. The predicted octanol–water partition coefficient (Wildman–Crippen LogP) is 2.60. The van der Waals surface area contributed by atoms with Crippen LogP contribution < -0.4 is 0 Å². The summed E-state index contributed by atoms with van der Waals surface area (Å²) in [5.41, 5.74) is 3.23. The summed E-state index contributed by atoms with van der Waals surface area (Å²) in [4.78, 5) is 4.22. The van der Waals surface area contributed by atoms with Crippen LogP contribution in [0.15, 0.2) is 24.5 Å². The van der Waals surface area contributed by atoms with Gasteiger partial charge < -0.3 is 0 Å². The van der Waals surface area contributed by atoms with Crippen molar-refractivity contribution >= 4 is 22.8 Å². The van der Waals surface area contributed by atoms with Gasteiger partial charge in [0.15, 0.2) is 0 Å². The molecule has 62 valence electrons. The van der Waals surface area contributed by atoms with E-state index in [0.29, 0.717) is 0 Å². The van der Waals surface area contributed by atoms with Gasteiger partial charge in [-0.1, -0.05) is 19.1 Å². The Morgan fingerprint density at radius 3 is 3.08 bits per heavy atom. The highest BCUT2D eigenvalue weighted by atomic mass is 35.5. The fraction of sp³-hybridized carbons (Fsp3) is 0.222. The Morgan fingerprint density at radius 1 is 1.50 bits per heavy atom. The first-order valence-electron chi connectivity index (χ1n) is 3.94. The Kier molecular flexibility index (Phi) is 1.77. The molecule has 0 amide bonds. The molecular weight excluding hydrogens is 172 g/mol. The maximum absolute atomic E-state index is 5.86. The van der Waals surface area contributed by atoms with Crippen LogP contribution in [0.4, 0.5) is 0 Å². The molecule has 0 fully saturated rings. The van der Waals surface area contributed by atoms with E-state index < -0.39 is 0 Å². The zero-order valence-corrected chi connectivity index (χ0v) is 7.54. The number of fused-ring (bicyclic) bond motifs is 1. The van der Waals surface area contributed by atoms with E-state index in [2.05, 4.69) is 18.0 Å². The van der Waals surface area contributed by atoms with Gasteiger partial charge in [-0.3, -0.25) is 0 Å². The van der Waals surface area contributed by atoms with E-state index in [1.165, 1.54) is 9.65 Å². The molecule has 0 spiro atoms. The molecule has 2 rings (SSSR count). The highest BCUT2D eigenvalue weighted by Gasteiger charge is 2.03. The first-order chi connectivity index (χ1) is 5.83. The number of imidazole rings is 1. The van der Waals surface area contributed by atoms with E-state index in [4.69, 9.17) is 11.8 Å². The fourth-order valence-corrected chi connectivity index (χ4v) is 1.54. The Bertz CT molecular complexity index is 406. The molecular formula is C9H9ClN2. The number of nitrogens with zero attached hydrogens (tertiary/aromatic N) is 2. The van der Waals surface area contributed by atoms with Crippen molar-refractivity contribution in [2.75, 3.05) is 0 Å². The lowest BCUT2D eigenvalue weighted by atomic mass is 10.1. The molecule has 0 atom stereocenters. The van der Waals surface area contributed by atoms with Crippen molar-refractivity contribution in [3.63, 3.8) is 0 Å². The monoisotopic (exact) mass is 180 g/mol. The molecule has 0 unspecified atom stereocenters. The molecule has 0 aliphatic heterocycles. The summed E-state index contributed by atoms with van der Waals surface area (Å²) >= 11 is 5.86. The number of hydrogen-bond donors (Lipinski definition) is 0. The van der Waals surface area contributed by atoms with Crippen molar-refractivity contribution in [3.8, 4) is 0 Å². The van der Waals surface area contributed by atoms with Crippen LogP contribution in [0, 0.1) is 0 Å². The minimum atomic E-state index is 0.982. The van der Waals surface area contributed by atoms with E-state index in [-0.39, 0.29) is 0 Å². The summed E-state index contributed by atoms with van der Waals surface area (Å²) in [7, 11) is 0. The van der Waals surface area contributed by atoms with E-state index in [1.54, 1.807) is 6.33 Å². The van der Waals surface area contributed by atoms with Crippen molar-refractivity contribution in [2.45, 2.75) is 13.3 Å². The fourth-order valence-electron chi connectivity index (χ4n) is 1.36. The van der Waals surface area contributed by atoms with E-state index in [9.17, 15) is 0 Å². The number of para-hydroxylation sites is 1. The van der Waals surface area contributed by atoms with Gasteiger partial charge >= 0.3 is 0 Å². The molecule has 0 saturated heterocycles. The lowest BCUT2D eigenvalue weighted by molar-refractivity contribution is 1.15. The Morgan fingerprint density at radius 2 is 2.33 bits per heavy atom. The third-order valence-electron chi connectivity index (χ3n) is 2.00. The van der Waals surface area contributed by atoms with Crippen LogP contribution in [0.3, 0.4) is 0 Å². The summed E-state index contributed by atoms with van der Waals surface area (Å²) < 4.78 is 1.52. The first kappa shape index (κ1) is 7.62. The van der Waals surface area contributed by atoms with Gasteiger partial charge in [0, 0.05) is 11.8 Å². The predicted molar refractivity (Wildman–Crippen MR) is 50.4 cm³/mol. The second-order valence-corrected chi connectivity index (χ2v) is 3.06. The van der Waals surface area contributed by atoms with Gasteiger partial charge in [0.05, 0.1) is 11.0 Å². The van der Waals surface area contributed by atoms with Crippen LogP contribution in [-0.2, 0) is 6.42 Å². The Labute approximate surface area is 75.9 Å². The van der Waals surface area contributed by atoms with Gasteiger partial charge in [-0.2, -0.15) is 0 Å². The second kappa shape index (κ2) is 2.79. The van der Waals surface area contributed by atoms with Crippen LogP contribution in [-0.4, -0.2) is 9.07 Å². The summed E-state index contributed by atoms with van der Waals surface area (Å²) in [6.07, 6.45) is 2.62. The minimum absolute atomic E-state index is 0.982. The van der Waals surface area contributed by atoms with Crippen LogP contribution in [0.25, 0.3) is 11.0 Å². The van der Waals surface area contributed by atoms with E-state index in [0.717, 1.165) is 17.5 Å². The normalized spacial score (nSPS) is 10.8. The second-order valence-electron chi connectivity index (χ2n) is 2.69. The highest BCUT2D eigenvalue weighted by molar-refractivity contribution is 6.18. The quantitative estimate of drug-likeness (QED) is 0.660. The van der Waals surface area contributed by atoms with Crippen molar-refractivity contribution in [1.82, 2.24) is 9.07 Å². The van der Waals surface area contributed by atoms with Crippen molar-refractivity contribution < 1.29 is 0 Å². The molecule has 2 nitrogen and oxygen atoms in total. The maximum Gasteiger partial charge on any atom is 0.111 e. The molecule has 0 aliphatic carbocycles. The standard InChI is InChI=1S/C9H9ClN2/c1-2-7-4-3-5-8-9(7)11-6-12(8)10/h3-6H,2H2,1H3. The van der Waals surface area contributed by atoms with Crippen molar-refractivity contribution in [1.29, 1.82) is 0 Å². The maximum atomic E-state index is 5.86. The lowest BCUT2D eigenvalue weighted by Gasteiger charge is -1.96. The number of aromatic nitrogens is 2. The molecule has 0 radical (unpaired) electrons. The van der Waals surface area contributed by atoms with Crippen molar-refractivity contribution in [2.24, 2.45) is 0 Å². The average Bonchev–Trinajstić information content (AvgIpc) is 2.48. The first-order valence-corrected chi connectivity index (χ1v) is 4.28. The third kappa shape index (κ3) is 0.994. The van der Waals surface area contributed by atoms with Gasteiger partial charge in [0.2, 0.25) is 0 Å². The van der Waals surface area contributed by atoms with Gasteiger partial charge in [0.1, 0.15) is 6.33 Å². The van der Waals surface area contributed by atoms with Crippen molar-refractivity contribution in [3.05, 3.63) is 30.1 Å². The SMILES string of the molecule is CCc1cccc2c1ncn2Cl. The highest BCUT2D eigenvalue weighted by Crippen LogP contribution is 2.18. The van der Waals surface area contributed by atoms with Gasteiger partial charge in [-0.15, -0.1) is 0 Å². The molecule has 0 N–H and O–H groups in total. The summed E-state index contributed by atoms with van der Waals surface area (Å²) in [6.45, 7) is 2.11. The summed E-state index contributed by atoms with van der Waals surface area (Å²) in [6, 6.07) is 6.04. The molecule has 2 aromatic rings. The van der Waals surface area contributed by atoms with E-state index in [1.807, 2.05) is 12.1 Å². The topological polar surface area (TPSA) is 17.8 Å². The van der Waals surface area contributed by atoms with Crippen LogP contribution >= 0.6 is 11.8 Å². The zero-order valence-electron chi connectivity index (χ0n) is 6.79. The summed E-state index contributed by atoms with van der Waals surface area (Å²) in [5.74, 6) is 0.